The van der Waals surface area contributed by atoms with Crippen LogP contribution in [0.1, 0.15) is 18.7 Å². The number of rotatable bonds is 4. The van der Waals surface area contributed by atoms with Gasteiger partial charge < -0.3 is 4.57 Å². The van der Waals surface area contributed by atoms with Crippen LogP contribution in [0.15, 0.2) is 18.2 Å². The van der Waals surface area contributed by atoms with Crippen molar-refractivity contribution in [1.29, 1.82) is 0 Å². The predicted molar refractivity (Wildman–Crippen MR) is 84.6 cm³/mol. The number of aryl methyl sites for hydroxylation is 1. The quantitative estimate of drug-likeness (QED) is 0.780. The fourth-order valence-corrected chi connectivity index (χ4v) is 4.21. The molecule has 0 aliphatic carbocycles. The molecular formula is C14H16Cl2N2S. The normalized spacial score (nSPS) is 19.4. The van der Waals surface area contributed by atoms with E-state index in [1.54, 1.807) is 0 Å². The molecule has 1 atom stereocenters. The number of fused-ring (bicyclic) bond motifs is 1. The molecule has 2 aromatic rings. The summed E-state index contributed by atoms with van der Waals surface area (Å²) in [5.41, 5.74) is 2.16. The Kier molecular flexibility index (Phi) is 4.25. The third-order valence-corrected chi connectivity index (χ3v) is 5.32. The summed E-state index contributed by atoms with van der Waals surface area (Å²) in [6.45, 7) is 1.02. The van der Waals surface area contributed by atoms with Gasteiger partial charge in [-0.25, -0.2) is 4.98 Å². The molecule has 1 fully saturated rings. The Morgan fingerprint density at radius 2 is 2.32 bits per heavy atom. The topological polar surface area (TPSA) is 17.8 Å². The van der Waals surface area contributed by atoms with Crippen LogP contribution >= 0.6 is 35.0 Å². The lowest BCUT2D eigenvalue weighted by atomic mass is 10.2. The molecule has 0 N–H and O–H groups in total. The zero-order chi connectivity index (χ0) is 13.2. The summed E-state index contributed by atoms with van der Waals surface area (Å²) in [5, 5.41) is 1.47. The monoisotopic (exact) mass is 314 g/mol. The molecule has 0 saturated carbocycles. The SMILES string of the molecule is ClCCc1nc2ccc(Cl)cc2n1CC1CCCS1. The van der Waals surface area contributed by atoms with Crippen molar-refractivity contribution in [2.24, 2.45) is 0 Å². The third kappa shape index (κ3) is 2.88. The highest BCUT2D eigenvalue weighted by molar-refractivity contribution is 8.00. The largest absolute Gasteiger partial charge is 0.327 e. The predicted octanol–water partition coefficient (Wildman–Crippen LogP) is 4.37. The maximum absolute atomic E-state index is 6.12. The Balaban J connectivity index is 2.01. The van der Waals surface area contributed by atoms with Crippen LogP contribution in [0.25, 0.3) is 11.0 Å². The van der Waals surface area contributed by atoms with E-state index in [2.05, 4.69) is 16.3 Å². The summed E-state index contributed by atoms with van der Waals surface area (Å²) >= 11 is 14.1. The number of thioether (sulfide) groups is 1. The minimum Gasteiger partial charge on any atom is -0.327 e. The Morgan fingerprint density at radius 1 is 1.42 bits per heavy atom. The number of aromatic nitrogens is 2. The summed E-state index contributed by atoms with van der Waals surface area (Å²) < 4.78 is 2.31. The van der Waals surface area contributed by atoms with Gasteiger partial charge in [-0.3, -0.25) is 0 Å². The average molecular weight is 315 g/mol. The molecule has 19 heavy (non-hydrogen) atoms. The number of hydrogen-bond donors (Lipinski definition) is 0. The van der Waals surface area contributed by atoms with Crippen LogP contribution in [0, 0.1) is 0 Å². The lowest BCUT2D eigenvalue weighted by Gasteiger charge is -2.13. The molecule has 1 aromatic heterocycles. The van der Waals surface area contributed by atoms with Crippen LogP contribution in [0.4, 0.5) is 0 Å². The van der Waals surface area contributed by atoms with Crippen molar-refractivity contribution in [2.75, 3.05) is 11.6 Å². The Bertz CT molecular complexity index is 576. The van der Waals surface area contributed by atoms with E-state index in [0.717, 1.165) is 34.8 Å². The van der Waals surface area contributed by atoms with Crippen molar-refractivity contribution in [1.82, 2.24) is 9.55 Å². The van der Waals surface area contributed by atoms with Gasteiger partial charge in [0.15, 0.2) is 0 Å². The van der Waals surface area contributed by atoms with Gasteiger partial charge in [-0.1, -0.05) is 11.6 Å². The number of imidazole rings is 1. The van der Waals surface area contributed by atoms with E-state index in [0.29, 0.717) is 11.1 Å². The van der Waals surface area contributed by atoms with E-state index >= 15 is 0 Å². The van der Waals surface area contributed by atoms with Gasteiger partial charge >= 0.3 is 0 Å². The Labute approximate surface area is 127 Å². The first-order chi connectivity index (χ1) is 9.28. The van der Waals surface area contributed by atoms with Crippen LogP contribution < -0.4 is 0 Å². The fourth-order valence-electron chi connectivity index (χ4n) is 2.62. The highest BCUT2D eigenvalue weighted by atomic mass is 35.5. The Morgan fingerprint density at radius 3 is 3.05 bits per heavy atom. The van der Waals surface area contributed by atoms with Crippen LogP contribution in [-0.2, 0) is 13.0 Å². The lowest BCUT2D eigenvalue weighted by Crippen LogP contribution is -2.13. The van der Waals surface area contributed by atoms with Crippen LogP contribution in [0.5, 0.6) is 0 Å². The molecule has 2 heterocycles. The molecular weight excluding hydrogens is 299 g/mol. The zero-order valence-electron chi connectivity index (χ0n) is 10.6. The minimum absolute atomic E-state index is 0.606. The third-order valence-electron chi connectivity index (χ3n) is 3.52. The van der Waals surface area contributed by atoms with Gasteiger partial charge in [0.2, 0.25) is 0 Å². The van der Waals surface area contributed by atoms with Gasteiger partial charge in [0.05, 0.1) is 11.0 Å². The molecule has 1 saturated heterocycles. The number of hydrogen-bond acceptors (Lipinski definition) is 2. The van der Waals surface area contributed by atoms with Crippen molar-refractivity contribution in [3.8, 4) is 0 Å². The second kappa shape index (κ2) is 5.94. The number of nitrogens with zero attached hydrogens (tertiary/aromatic N) is 2. The first kappa shape index (κ1) is 13.6. The van der Waals surface area contributed by atoms with Crippen molar-refractivity contribution >= 4 is 46.0 Å². The molecule has 0 bridgehead atoms. The standard InChI is InChI=1S/C14H16Cl2N2S/c15-6-5-14-17-12-4-3-10(16)8-13(12)18(14)9-11-2-1-7-19-11/h3-4,8,11H,1-2,5-7,9H2. The van der Waals surface area contributed by atoms with E-state index < -0.39 is 0 Å². The van der Waals surface area contributed by atoms with Gasteiger partial charge in [-0.15, -0.1) is 11.6 Å². The van der Waals surface area contributed by atoms with Gasteiger partial charge in [-0.2, -0.15) is 11.8 Å². The lowest BCUT2D eigenvalue weighted by molar-refractivity contribution is 0.627. The Hall–Kier alpha value is -0.380. The maximum atomic E-state index is 6.12. The first-order valence-electron chi connectivity index (χ1n) is 6.60. The van der Waals surface area contributed by atoms with E-state index in [1.165, 1.54) is 18.6 Å². The highest BCUT2D eigenvalue weighted by Gasteiger charge is 2.19. The maximum Gasteiger partial charge on any atom is 0.111 e. The molecule has 0 spiro atoms. The van der Waals surface area contributed by atoms with E-state index in [-0.39, 0.29) is 0 Å². The van der Waals surface area contributed by atoms with Gasteiger partial charge in [0, 0.05) is 29.1 Å². The summed E-state index contributed by atoms with van der Waals surface area (Å²) in [6, 6.07) is 5.91. The van der Waals surface area contributed by atoms with E-state index in [1.807, 2.05) is 18.2 Å². The van der Waals surface area contributed by atoms with Gasteiger partial charge in [-0.05, 0) is 36.8 Å². The van der Waals surface area contributed by atoms with Crippen molar-refractivity contribution in [3.63, 3.8) is 0 Å². The molecule has 1 aliphatic heterocycles. The molecule has 0 amide bonds. The van der Waals surface area contributed by atoms with Gasteiger partial charge in [0.1, 0.15) is 5.82 Å². The second-order valence-electron chi connectivity index (χ2n) is 4.85. The second-order valence-corrected chi connectivity index (χ2v) is 7.07. The summed E-state index contributed by atoms with van der Waals surface area (Å²) in [5.74, 6) is 2.97. The highest BCUT2D eigenvalue weighted by Crippen LogP contribution is 2.30. The molecule has 0 radical (unpaired) electrons. The summed E-state index contributed by atoms with van der Waals surface area (Å²) in [4.78, 5) is 4.70. The average Bonchev–Trinajstić information content (AvgIpc) is 3.00. The number of alkyl halides is 1. The van der Waals surface area contributed by atoms with E-state index in [4.69, 9.17) is 28.2 Å². The van der Waals surface area contributed by atoms with Crippen LogP contribution in [-0.4, -0.2) is 26.4 Å². The molecule has 2 nitrogen and oxygen atoms in total. The fraction of sp³-hybridized carbons (Fsp3) is 0.500. The van der Waals surface area contributed by atoms with Gasteiger partial charge in [0.25, 0.3) is 0 Å². The first-order valence-corrected chi connectivity index (χ1v) is 8.56. The number of benzene rings is 1. The molecule has 1 aromatic carbocycles. The van der Waals surface area contributed by atoms with Crippen molar-refractivity contribution < 1.29 is 0 Å². The smallest absolute Gasteiger partial charge is 0.111 e. The summed E-state index contributed by atoms with van der Waals surface area (Å²) in [6.07, 6.45) is 3.43. The minimum atomic E-state index is 0.606. The molecule has 1 aliphatic rings. The summed E-state index contributed by atoms with van der Waals surface area (Å²) in [7, 11) is 0. The molecule has 102 valence electrons. The number of halogens is 2. The molecule has 1 unspecified atom stereocenters. The van der Waals surface area contributed by atoms with Crippen LogP contribution in [0.3, 0.4) is 0 Å². The van der Waals surface area contributed by atoms with Crippen molar-refractivity contribution in [2.45, 2.75) is 31.1 Å². The van der Waals surface area contributed by atoms with Crippen LogP contribution in [0.2, 0.25) is 5.02 Å². The molecule has 5 heteroatoms. The zero-order valence-corrected chi connectivity index (χ0v) is 12.9. The van der Waals surface area contributed by atoms with E-state index in [9.17, 15) is 0 Å². The molecule has 3 rings (SSSR count). The van der Waals surface area contributed by atoms with Crippen molar-refractivity contribution in [3.05, 3.63) is 29.0 Å².